The summed E-state index contributed by atoms with van der Waals surface area (Å²) in [7, 11) is 1.81. The number of amides is 1. The van der Waals surface area contributed by atoms with Gasteiger partial charge in [-0.2, -0.15) is 5.10 Å². The van der Waals surface area contributed by atoms with Gasteiger partial charge in [0.1, 0.15) is 11.6 Å². The molecule has 4 aromatic rings. The van der Waals surface area contributed by atoms with E-state index < -0.39 is 11.9 Å². The Labute approximate surface area is 193 Å². The average Bonchev–Trinajstić information content (AvgIpc) is 3.49. The molecule has 1 atom stereocenters. The van der Waals surface area contributed by atoms with Gasteiger partial charge in [0.15, 0.2) is 0 Å². The van der Waals surface area contributed by atoms with Gasteiger partial charge in [0.25, 0.3) is 0 Å². The number of aliphatic hydroxyl groups is 1. The van der Waals surface area contributed by atoms with Crippen LogP contribution in [0.15, 0.2) is 55.0 Å². The van der Waals surface area contributed by atoms with Gasteiger partial charge in [-0.15, -0.1) is 0 Å². The van der Waals surface area contributed by atoms with Gasteiger partial charge in [-0.25, -0.2) is 19.2 Å². The SMILES string of the molecule is Cn1nccc1Nc1nccc(-c2cc3n(c2)C(=O)N(C(CO)c2ccc(Cl)c(F)c2)C3)n1. The molecule has 2 N–H and O–H groups in total. The number of carbonyl (C=O) groups is 1. The van der Waals surface area contributed by atoms with Gasteiger partial charge >= 0.3 is 6.03 Å². The van der Waals surface area contributed by atoms with Crippen LogP contribution in [0.3, 0.4) is 0 Å². The lowest BCUT2D eigenvalue weighted by Gasteiger charge is -2.26. The highest BCUT2D eigenvalue weighted by atomic mass is 35.5. The third-order valence-electron chi connectivity index (χ3n) is 5.57. The molecule has 0 aliphatic carbocycles. The highest BCUT2D eigenvalue weighted by Gasteiger charge is 2.34. The van der Waals surface area contributed by atoms with Crippen molar-refractivity contribution >= 4 is 29.4 Å². The van der Waals surface area contributed by atoms with E-state index in [9.17, 15) is 14.3 Å². The second-order valence-electron chi connectivity index (χ2n) is 7.60. The zero-order valence-corrected chi connectivity index (χ0v) is 18.2. The maximum Gasteiger partial charge on any atom is 0.329 e. The topological polar surface area (TPSA) is 101 Å². The van der Waals surface area contributed by atoms with Crippen molar-refractivity contribution in [2.75, 3.05) is 11.9 Å². The quantitative estimate of drug-likeness (QED) is 0.448. The minimum atomic E-state index is -0.693. The van der Waals surface area contributed by atoms with Crippen LogP contribution in [0.4, 0.5) is 21.0 Å². The first-order valence-corrected chi connectivity index (χ1v) is 10.5. The molecule has 5 rings (SSSR count). The Morgan fingerprint density at radius 3 is 2.79 bits per heavy atom. The molecule has 0 spiro atoms. The van der Waals surface area contributed by atoms with Crippen molar-refractivity contribution in [3.63, 3.8) is 0 Å². The Hall–Kier alpha value is -3.76. The van der Waals surface area contributed by atoms with Crippen LogP contribution in [-0.2, 0) is 13.6 Å². The van der Waals surface area contributed by atoms with E-state index in [1.54, 1.807) is 48.5 Å². The van der Waals surface area contributed by atoms with E-state index in [1.165, 1.54) is 21.6 Å². The molecule has 0 saturated heterocycles. The molecule has 3 aromatic heterocycles. The predicted octanol–water partition coefficient (Wildman–Crippen LogP) is 3.73. The number of carbonyl (C=O) groups excluding carboxylic acids is 1. The lowest BCUT2D eigenvalue weighted by Crippen LogP contribution is -2.33. The Kier molecular flexibility index (Phi) is 5.31. The summed E-state index contributed by atoms with van der Waals surface area (Å²) in [4.78, 5) is 23.4. The second-order valence-corrected chi connectivity index (χ2v) is 8.01. The number of rotatable bonds is 6. The zero-order valence-electron chi connectivity index (χ0n) is 17.5. The number of anilines is 2. The smallest absolute Gasteiger partial charge is 0.329 e. The van der Waals surface area contributed by atoms with E-state index in [4.69, 9.17) is 11.6 Å². The van der Waals surface area contributed by atoms with Gasteiger partial charge < -0.3 is 15.3 Å². The Morgan fingerprint density at radius 2 is 2.09 bits per heavy atom. The molecule has 1 unspecified atom stereocenters. The summed E-state index contributed by atoms with van der Waals surface area (Å²) in [5.74, 6) is 0.548. The van der Waals surface area contributed by atoms with Crippen molar-refractivity contribution in [1.29, 1.82) is 0 Å². The molecule has 0 radical (unpaired) electrons. The minimum absolute atomic E-state index is 0.0128. The normalized spacial score (nSPS) is 13.9. The fourth-order valence-electron chi connectivity index (χ4n) is 3.87. The van der Waals surface area contributed by atoms with Crippen LogP contribution in [-0.4, -0.2) is 47.0 Å². The summed E-state index contributed by atoms with van der Waals surface area (Å²) in [6, 6.07) is 8.69. The number of hydrogen-bond donors (Lipinski definition) is 2. The zero-order chi connectivity index (χ0) is 23.1. The molecule has 1 aromatic carbocycles. The van der Waals surface area contributed by atoms with Crippen molar-refractivity contribution < 1.29 is 14.3 Å². The number of aryl methyl sites for hydroxylation is 1. The van der Waals surface area contributed by atoms with E-state index in [1.807, 2.05) is 6.07 Å². The van der Waals surface area contributed by atoms with Crippen molar-refractivity contribution in [3.05, 3.63) is 77.1 Å². The van der Waals surface area contributed by atoms with Crippen LogP contribution in [0.25, 0.3) is 11.3 Å². The summed E-state index contributed by atoms with van der Waals surface area (Å²) in [5, 5.41) is 17.1. The van der Waals surface area contributed by atoms with Gasteiger partial charge in [0.2, 0.25) is 5.95 Å². The fourth-order valence-corrected chi connectivity index (χ4v) is 3.98. The molecule has 168 valence electrons. The maximum atomic E-state index is 13.9. The standard InChI is InChI=1S/C22H19ClFN7O2/c1-29-20(5-7-26-29)28-21-25-6-4-18(27-21)14-8-15-11-31(22(33)30(15)10-14)19(12-32)13-2-3-16(23)17(24)9-13/h2-10,19,32H,11-12H2,1H3,(H,25,27,28). The summed E-state index contributed by atoms with van der Waals surface area (Å²) >= 11 is 5.77. The number of halogens is 2. The Balaban J connectivity index is 1.38. The molecule has 4 heterocycles. The lowest BCUT2D eigenvalue weighted by atomic mass is 10.1. The largest absolute Gasteiger partial charge is 0.394 e. The highest BCUT2D eigenvalue weighted by molar-refractivity contribution is 6.30. The van der Waals surface area contributed by atoms with Crippen molar-refractivity contribution in [1.82, 2.24) is 29.2 Å². The highest BCUT2D eigenvalue weighted by Crippen LogP contribution is 2.33. The van der Waals surface area contributed by atoms with Gasteiger partial charge in [-0.05, 0) is 29.8 Å². The monoisotopic (exact) mass is 467 g/mol. The van der Waals surface area contributed by atoms with Crippen LogP contribution in [0.5, 0.6) is 0 Å². The summed E-state index contributed by atoms with van der Waals surface area (Å²) in [5.41, 5.74) is 2.61. The number of nitrogens with zero attached hydrogens (tertiary/aromatic N) is 6. The van der Waals surface area contributed by atoms with Gasteiger partial charge in [-0.3, -0.25) is 9.25 Å². The third-order valence-corrected chi connectivity index (χ3v) is 5.88. The minimum Gasteiger partial charge on any atom is -0.394 e. The predicted molar refractivity (Wildman–Crippen MR) is 120 cm³/mol. The molecule has 0 fully saturated rings. The Morgan fingerprint density at radius 1 is 1.24 bits per heavy atom. The summed E-state index contributed by atoms with van der Waals surface area (Å²) in [6.45, 7) is -0.0844. The molecule has 1 amide bonds. The van der Waals surface area contributed by atoms with E-state index in [0.717, 1.165) is 17.1 Å². The average molecular weight is 468 g/mol. The maximum absolute atomic E-state index is 13.9. The number of benzene rings is 1. The van der Waals surface area contributed by atoms with Gasteiger partial charge in [-0.1, -0.05) is 17.7 Å². The van der Waals surface area contributed by atoms with Crippen molar-refractivity contribution in [3.8, 4) is 11.3 Å². The molecule has 33 heavy (non-hydrogen) atoms. The van der Waals surface area contributed by atoms with Crippen LogP contribution in [0, 0.1) is 5.82 Å². The number of aliphatic hydroxyl groups excluding tert-OH is 1. The number of aromatic nitrogens is 5. The first-order chi connectivity index (χ1) is 15.9. The lowest BCUT2D eigenvalue weighted by molar-refractivity contribution is 0.141. The number of fused-ring (bicyclic) bond motifs is 1. The molecular weight excluding hydrogens is 449 g/mol. The van der Waals surface area contributed by atoms with E-state index in [-0.39, 0.29) is 24.2 Å². The Bertz CT molecular complexity index is 1350. The van der Waals surface area contributed by atoms with Crippen LogP contribution < -0.4 is 5.32 Å². The summed E-state index contributed by atoms with van der Waals surface area (Å²) < 4.78 is 17.1. The number of hydrogen-bond acceptors (Lipinski definition) is 6. The molecule has 9 nitrogen and oxygen atoms in total. The molecular formula is C22H19ClFN7O2. The van der Waals surface area contributed by atoms with Crippen LogP contribution in [0.2, 0.25) is 5.02 Å². The van der Waals surface area contributed by atoms with Crippen LogP contribution in [0.1, 0.15) is 17.3 Å². The van der Waals surface area contributed by atoms with E-state index in [0.29, 0.717) is 17.2 Å². The molecule has 0 saturated carbocycles. The molecule has 11 heteroatoms. The van der Waals surface area contributed by atoms with E-state index in [2.05, 4.69) is 20.4 Å². The second kappa shape index (κ2) is 8.30. The van der Waals surface area contributed by atoms with Gasteiger partial charge in [0.05, 0.1) is 36.1 Å². The summed E-state index contributed by atoms with van der Waals surface area (Å²) in [6.07, 6.45) is 5.00. The van der Waals surface area contributed by atoms with Crippen LogP contribution >= 0.6 is 11.6 Å². The van der Waals surface area contributed by atoms with Crippen molar-refractivity contribution in [2.45, 2.75) is 12.6 Å². The van der Waals surface area contributed by atoms with E-state index >= 15 is 0 Å². The third kappa shape index (κ3) is 3.83. The first-order valence-electron chi connectivity index (χ1n) is 10.1. The van der Waals surface area contributed by atoms with Gasteiger partial charge in [0, 0.05) is 36.8 Å². The molecule has 0 bridgehead atoms. The first kappa shape index (κ1) is 21.1. The molecule has 1 aliphatic heterocycles. The number of nitrogens with one attached hydrogen (secondary N) is 1. The van der Waals surface area contributed by atoms with Crippen molar-refractivity contribution in [2.24, 2.45) is 7.05 Å². The molecule has 1 aliphatic rings. The fraction of sp³-hybridized carbons (Fsp3) is 0.182.